The summed E-state index contributed by atoms with van der Waals surface area (Å²) in [6.45, 7) is 8.64. The number of nitrogens with zero attached hydrogens (tertiary/aromatic N) is 1. The van der Waals surface area contributed by atoms with Crippen molar-refractivity contribution in [3.05, 3.63) is 34.2 Å². The van der Waals surface area contributed by atoms with Gasteiger partial charge in [0.05, 0.1) is 0 Å². The van der Waals surface area contributed by atoms with Crippen LogP contribution >= 0.6 is 0 Å². The lowest BCUT2D eigenvalue weighted by atomic mass is 9.87. The molecule has 1 rings (SSSR count). The second-order valence-corrected chi connectivity index (χ2v) is 5.12. The summed E-state index contributed by atoms with van der Waals surface area (Å²) in [7, 11) is 0. The number of aromatic nitrogens is 1. The van der Waals surface area contributed by atoms with E-state index in [0.29, 0.717) is 6.54 Å². The van der Waals surface area contributed by atoms with Gasteiger partial charge in [-0.2, -0.15) is 0 Å². The Balaban J connectivity index is 2.91. The summed E-state index contributed by atoms with van der Waals surface area (Å²) in [5.41, 5.74) is 6.87. The van der Waals surface area contributed by atoms with Crippen LogP contribution in [-0.4, -0.2) is 10.6 Å². The number of nitrogens with two attached hydrogens (primary N) is 1. The van der Waals surface area contributed by atoms with Gasteiger partial charge in [-0.1, -0.05) is 26.8 Å². The molecule has 1 aromatic heterocycles. The Morgan fingerprint density at radius 3 is 2.60 bits per heavy atom. The van der Waals surface area contributed by atoms with Gasteiger partial charge in [0.25, 0.3) is 5.56 Å². The third-order valence-corrected chi connectivity index (χ3v) is 2.72. The molecule has 0 saturated heterocycles. The largest absolute Gasteiger partial charge is 0.326 e. The number of pyridine rings is 1. The first-order valence-electron chi connectivity index (χ1n) is 5.24. The Morgan fingerprint density at radius 1 is 1.47 bits per heavy atom. The van der Waals surface area contributed by atoms with Crippen molar-refractivity contribution >= 4 is 0 Å². The molecule has 0 aromatic carbocycles. The standard InChI is InChI=1S/C12H20N2O/c1-9-6-5-7-14(11(9)15)8-10(13)12(2,3)4/h5-7,10H,8,13H2,1-4H3. The third-order valence-electron chi connectivity index (χ3n) is 2.72. The molecule has 0 aliphatic carbocycles. The van der Waals surface area contributed by atoms with Gasteiger partial charge in [-0.25, -0.2) is 0 Å². The van der Waals surface area contributed by atoms with Crippen LogP contribution in [0.25, 0.3) is 0 Å². The molecule has 84 valence electrons. The van der Waals surface area contributed by atoms with E-state index in [1.807, 2.05) is 19.1 Å². The Morgan fingerprint density at radius 2 is 2.07 bits per heavy atom. The second kappa shape index (κ2) is 4.19. The lowest BCUT2D eigenvalue weighted by Crippen LogP contribution is -2.41. The Labute approximate surface area is 90.9 Å². The molecule has 0 bridgehead atoms. The van der Waals surface area contributed by atoms with Crippen LogP contribution in [0.4, 0.5) is 0 Å². The van der Waals surface area contributed by atoms with E-state index < -0.39 is 0 Å². The molecular weight excluding hydrogens is 188 g/mol. The number of hydrogen-bond donors (Lipinski definition) is 1. The van der Waals surface area contributed by atoms with Gasteiger partial charge in [0.1, 0.15) is 0 Å². The Hall–Kier alpha value is -1.09. The van der Waals surface area contributed by atoms with Crippen molar-refractivity contribution in [2.24, 2.45) is 11.1 Å². The molecule has 0 fully saturated rings. The average Bonchev–Trinajstić information content (AvgIpc) is 2.11. The summed E-state index contributed by atoms with van der Waals surface area (Å²) in [6.07, 6.45) is 1.79. The van der Waals surface area contributed by atoms with Crippen molar-refractivity contribution in [3.63, 3.8) is 0 Å². The maximum atomic E-state index is 11.7. The van der Waals surface area contributed by atoms with Crippen molar-refractivity contribution in [3.8, 4) is 0 Å². The normalized spacial score (nSPS) is 13.9. The molecule has 1 unspecified atom stereocenters. The van der Waals surface area contributed by atoms with Crippen LogP contribution in [0.15, 0.2) is 23.1 Å². The Bertz CT molecular complexity index is 387. The molecule has 1 aromatic rings. The van der Waals surface area contributed by atoms with Gasteiger partial charge in [-0.05, 0) is 18.4 Å². The zero-order valence-electron chi connectivity index (χ0n) is 9.95. The summed E-state index contributed by atoms with van der Waals surface area (Å²) < 4.78 is 1.69. The van der Waals surface area contributed by atoms with E-state index >= 15 is 0 Å². The van der Waals surface area contributed by atoms with Crippen LogP contribution in [0.1, 0.15) is 26.3 Å². The molecule has 1 atom stereocenters. The summed E-state index contributed by atoms with van der Waals surface area (Å²) in [4.78, 5) is 11.7. The predicted molar refractivity (Wildman–Crippen MR) is 62.9 cm³/mol. The van der Waals surface area contributed by atoms with Crippen molar-refractivity contribution in [1.82, 2.24) is 4.57 Å². The SMILES string of the molecule is Cc1cccn(CC(N)C(C)(C)C)c1=O. The molecule has 0 aliphatic heterocycles. The van der Waals surface area contributed by atoms with Gasteiger partial charge in [-0.15, -0.1) is 0 Å². The first-order chi connectivity index (χ1) is 6.82. The average molecular weight is 208 g/mol. The molecule has 3 heteroatoms. The van der Waals surface area contributed by atoms with E-state index in [1.54, 1.807) is 10.8 Å². The lowest BCUT2D eigenvalue weighted by molar-refractivity contribution is 0.289. The summed E-state index contributed by atoms with van der Waals surface area (Å²) in [5, 5.41) is 0. The molecule has 3 nitrogen and oxygen atoms in total. The highest BCUT2D eigenvalue weighted by Gasteiger charge is 2.21. The van der Waals surface area contributed by atoms with E-state index in [-0.39, 0.29) is 17.0 Å². The number of aryl methyl sites for hydroxylation is 1. The zero-order chi connectivity index (χ0) is 11.6. The topological polar surface area (TPSA) is 48.0 Å². The van der Waals surface area contributed by atoms with Crippen LogP contribution in [0.2, 0.25) is 0 Å². The van der Waals surface area contributed by atoms with Gasteiger partial charge in [0.15, 0.2) is 0 Å². The maximum Gasteiger partial charge on any atom is 0.253 e. The minimum atomic E-state index is -0.0167. The summed E-state index contributed by atoms with van der Waals surface area (Å²) in [6, 6.07) is 3.69. The van der Waals surface area contributed by atoms with E-state index in [9.17, 15) is 4.79 Å². The smallest absolute Gasteiger partial charge is 0.253 e. The Kier molecular flexibility index (Phi) is 3.35. The third kappa shape index (κ3) is 2.93. The number of hydrogen-bond acceptors (Lipinski definition) is 2. The summed E-state index contributed by atoms with van der Waals surface area (Å²) >= 11 is 0. The first-order valence-corrected chi connectivity index (χ1v) is 5.24. The molecule has 15 heavy (non-hydrogen) atoms. The van der Waals surface area contributed by atoms with Crippen molar-refractivity contribution < 1.29 is 0 Å². The summed E-state index contributed by atoms with van der Waals surface area (Å²) in [5.74, 6) is 0. The van der Waals surface area contributed by atoms with Crippen LogP contribution in [-0.2, 0) is 6.54 Å². The minimum Gasteiger partial charge on any atom is -0.326 e. The molecule has 0 amide bonds. The fraction of sp³-hybridized carbons (Fsp3) is 0.583. The predicted octanol–water partition coefficient (Wildman–Crippen LogP) is 1.53. The highest BCUT2D eigenvalue weighted by molar-refractivity contribution is 5.07. The van der Waals surface area contributed by atoms with Crippen molar-refractivity contribution in [1.29, 1.82) is 0 Å². The van der Waals surface area contributed by atoms with E-state index in [0.717, 1.165) is 5.56 Å². The van der Waals surface area contributed by atoms with Crippen LogP contribution in [0.5, 0.6) is 0 Å². The van der Waals surface area contributed by atoms with Gasteiger partial charge in [0, 0.05) is 24.3 Å². The molecule has 2 N–H and O–H groups in total. The van der Waals surface area contributed by atoms with Gasteiger partial charge in [0.2, 0.25) is 0 Å². The quantitative estimate of drug-likeness (QED) is 0.801. The molecule has 0 radical (unpaired) electrons. The van der Waals surface area contributed by atoms with Gasteiger partial charge >= 0.3 is 0 Å². The van der Waals surface area contributed by atoms with Crippen molar-refractivity contribution in [2.45, 2.75) is 40.3 Å². The van der Waals surface area contributed by atoms with Crippen LogP contribution in [0, 0.1) is 12.3 Å². The van der Waals surface area contributed by atoms with Crippen LogP contribution in [0.3, 0.4) is 0 Å². The molecule has 0 saturated carbocycles. The minimum absolute atomic E-state index is 0.0167. The first kappa shape index (κ1) is 12.0. The second-order valence-electron chi connectivity index (χ2n) is 5.12. The highest BCUT2D eigenvalue weighted by Crippen LogP contribution is 2.18. The fourth-order valence-corrected chi connectivity index (χ4v) is 1.29. The molecule has 0 aliphatic rings. The number of rotatable bonds is 2. The molecule has 0 spiro atoms. The molecular formula is C12H20N2O. The maximum absolute atomic E-state index is 11.7. The van der Waals surface area contributed by atoms with Gasteiger partial charge in [-0.3, -0.25) is 4.79 Å². The zero-order valence-corrected chi connectivity index (χ0v) is 9.95. The molecule has 1 heterocycles. The van der Waals surface area contributed by atoms with E-state index in [4.69, 9.17) is 5.73 Å². The fourth-order valence-electron chi connectivity index (χ4n) is 1.29. The van der Waals surface area contributed by atoms with Gasteiger partial charge < -0.3 is 10.3 Å². The monoisotopic (exact) mass is 208 g/mol. The lowest BCUT2D eigenvalue weighted by Gasteiger charge is -2.27. The van der Waals surface area contributed by atoms with Crippen LogP contribution < -0.4 is 11.3 Å². The van der Waals surface area contributed by atoms with E-state index in [1.165, 1.54) is 0 Å². The van der Waals surface area contributed by atoms with Crippen molar-refractivity contribution in [2.75, 3.05) is 0 Å². The van der Waals surface area contributed by atoms with E-state index in [2.05, 4.69) is 20.8 Å². The highest BCUT2D eigenvalue weighted by atomic mass is 16.1.